The maximum absolute atomic E-state index is 12.0. The fraction of sp³-hybridized carbons (Fsp3) is 0.385. The number of aliphatic carboxylic acids is 1. The van der Waals surface area contributed by atoms with Crippen LogP contribution in [0, 0.1) is 0 Å². The molecule has 0 saturated heterocycles. The highest BCUT2D eigenvalue weighted by Gasteiger charge is 2.18. The molecule has 0 aliphatic carbocycles. The van der Waals surface area contributed by atoms with Crippen LogP contribution in [0.2, 0.25) is 5.02 Å². The molecule has 18 heavy (non-hydrogen) atoms. The van der Waals surface area contributed by atoms with Crippen LogP contribution < -0.4 is 4.90 Å². The van der Waals surface area contributed by atoms with E-state index in [1.807, 2.05) is 6.92 Å². The summed E-state index contributed by atoms with van der Waals surface area (Å²) in [5.74, 6) is -1.04. The van der Waals surface area contributed by atoms with Gasteiger partial charge in [-0.05, 0) is 18.6 Å². The Morgan fingerprint density at radius 3 is 2.50 bits per heavy atom. The number of para-hydroxylation sites is 1. The van der Waals surface area contributed by atoms with Crippen molar-refractivity contribution in [3.05, 3.63) is 29.3 Å². The Bertz CT molecular complexity index is 434. The van der Waals surface area contributed by atoms with Crippen LogP contribution in [-0.4, -0.2) is 23.5 Å². The SMILES string of the molecule is CCCC(=O)N(CCC(=O)O)c1ccccc1Cl. The topological polar surface area (TPSA) is 57.6 Å². The molecule has 0 aromatic heterocycles. The Kier molecular flexibility index (Phi) is 5.65. The second-order valence-corrected chi connectivity index (χ2v) is 4.30. The maximum atomic E-state index is 12.0. The maximum Gasteiger partial charge on any atom is 0.305 e. The molecule has 0 radical (unpaired) electrons. The van der Waals surface area contributed by atoms with Crippen LogP contribution in [-0.2, 0) is 9.59 Å². The highest BCUT2D eigenvalue weighted by atomic mass is 35.5. The minimum Gasteiger partial charge on any atom is -0.481 e. The Morgan fingerprint density at radius 2 is 1.94 bits per heavy atom. The molecule has 4 nitrogen and oxygen atoms in total. The van der Waals surface area contributed by atoms with E-state index in [1.165, 1.54) is 4.90 Å². The normalized spacial score (nSPS) is 10.1. The zero-order chi connectivity index (χ0) is 13.5. The van der Waals surface area contributed by atoms with E-state index < -0.39 is 5.97 Å². The number of hydrogen-bond donors (Lipinski definition) is 1. The van der Waals surface area contributed by atoms with Crippen molar-refractivity contribution in [2.75, 3.05) is 11.4 Å². The number of carboxylic acid groups (broad SMARTS) is 1. The molecule has 0 saturated carbocycles. The molecule has 0 atom stereocenters. The monoisotopic (exact) mass is 269 g/mol. The summed E-state index contributed by atoms with van der Waals surface area (Å²) in [6, 6.07) is 6.95. The molecule has 0 fully saturated rings. The molecule has 1 rings (SSSR count). The van der Waals surface area contributed by atoms with Crippen molar-refractivity contribution in [2.45, 2.75) is 26.2 Å². The molecular formula is C13H16ClNO3. The molecule has 1 aromatic carbocycles. The first-order valence-corrected chi connectivity index (χ1v) is 6.20. The second kappa shape index (κ2) is 7.01. The number of carboxylic acids is 1. The van der Waals surface area contributed by atoms with Crippen molar-refractivity contribution in [3.63, 3.8) is 0 Å². The number of carbonyl (C=O) groups is 2. The van der Waals surface area contributed by atoms with Crippen LogP contribution in [0.4, 0.5) is 5.69 Å². The van der Waals surface area contributed by atoms with Gasteiger partial charge in [0.1, 0.15) is 0 Å². The number of benzene rings is 1. The lowest BCUT2D eigenvalue weighted by Gasteiger charge is -2.23. The summed E-state index contributed by atoms with van der Waals surface area (Å²) in [5.41, 5.74) is 0.568. The predicted molar refractivity (Wildman–Crippen MR) is 71.0 cm³/mol. The smallest absolute Gasteiger partial charge is 0.305 e. The molecule has 98 valence electrons. The first-order chi connectivity index (χ1) is 8.56. The van der Waals surface area contributed by atoms with Gasteiger partial charge in [0, 0.05) is 13.0 Å². The third-order valence-electron chi connectivity index (χ3n) is 2.46. The number of rotatable bonds is 6. The van der Waals surface area contributed by atoms with Crippen LogP contribution in [0.15, 0.2) is 24.3 Å². The van der Waals surface area contributed by atoms with Gasteiger partial charge in [0.2, 0.25) is 5.91 Å². The van der Waals surface area contributed by atoms with E-state index in [0.717, 1.165) is 0 Å². The molecule has 0 unspecified atom stereocenters. The van der Waals surface area contributed by atoms with Gasteiger partial charge in [-0.1, -0.05) is 30.7 Å². The van der Waals surface area contributed by atoms with Crippen LogP contribution in [0.5, 0.6) is 0 Å². The minimum absolute atomic E-state index is 0.0966. The Morgan fingerprint density at radius 1 is 1.28 bits per heavy atom. The van der Waals surface area contributed by atoms with E-state index in [0.29, 0.717) is 23.6 Å². The van der Waals surface area contributed by atoms with Crippen LogP contribution in [0.3, 0.4) is 0 Å². The standard InChI is InChI=1S/C13H16ClNO3/c1-2-5-12(16)15(9-8-13(17)18)11-7-4-3-6-10(11)14/h3-4,6-7H,2,5,8-9H2,1H3,(H,17,18). The van der Waals surface area contributed by atoms with Gasteiger partial charge in [-0.15, -0.1) is 0 Å². The lowest BCUT2D eigenvalue weighted by atomic mass is 10.2. The van der Waals surface area contributed by atoms with Gasteiger partial charge in [-0.25, -0.2) is 0 Å². The number of nitrogens with zero attached hydrogens (tertiary/aromatic N) is 1. The molecule has 0 aliphatic heterocycles. The number of carbonyl (C=O) groups excluding carboxylic acids is 1. The number of amides is 1. The molecule has 1 N–H and O–H groups in total. The first-order valence-electron chi connectivity index (χ1n) is 5.83. The quantitative estimate of drug-likeness (QED) is 0.864. The van der Waals surface area contributed by atoms with Crippen molar-refractivity contribution in [3.8, 4) is 0 Å². The third kappa shape index (κ3) is 4.04. The van der Waals surface area contributed by atoms with Crippen molar-refractivity contribution in [1.82, 2.24) is 0 Å². The fourth-order valence-electron chi connectivity index (χ4n) is 1.61. The van der Waals surface area contributed by atoms with Crippen molar-refractivity contribution < 1.29 is 14.7 Å². The van der Waals surface area contributed by atoms with Gasteiger partial charge in [0.15, 0.2) is 0 Å². The lowest BCUT2D eigenvalue weighted by molar-refractivity contribution is -0.136. The van der Waals surface area contributed by atoms with Gasteiger partial charge < -0.3 is 10.0 Å². The minimum atomic E-state index is -0.934. The summed E-state index contributed by atoms with van der Waals surface area (Å²) in [4.78, 5) is 24.1. The third-order valence-corrected chi connectivity index (χ3v) is 2.78. The van der Waals surface area contributed by atoms with Crippen LogP contribution in [0.25, 0.3) is 0 Å². The Balaban J connectivity index is 2.93. The molecule has 5 heteroatoms. The lowest BCUT2D eigenvalue weighted by Crippen LogP contribution is -2.33. The Labute approximate surface area is 111 Å². The van der Waals surface area contributed by atoms with E-state index in [2.05, 4.69) is 0 Å². The summed E-state index contributed by atoms with van der Waals surface area (Å²) in [6.45, 7) is 2.04. The molecule has 0 heterocycles. The zero-order valence-corrected chi connectivity index (χ0v) is 11.0. The zero-order valence-electron chi connectivity index (χ0n) is 10.2. The molecule has 1 aromatic rings. The highest BCUT2D eigenvalue weighted by molar-refractivity contribution is 6.33. The summed E-state index contributed by atoms with van der Waals surface area (Å²) in [5, 5.41) is 9.17. The molecule has 0 aliphatic rings. The summed E-state index contributed by atoms with van der Waals surface area (Å²) in [6.07, 6.45) is 0.998. The number of halogens is 1. The summed E-state index contributed by atoms with van der Waals surface area (Å²) >= 11 is 6.04. The number of anilines is 1. The number of hydrogen-bond acceptors (Lipinski definition) is 2. The second-order valence-electron chi connectivity index (χ2n) is 3.89. The van der Waals surface area contributed by atoms with E-state index >= 15 is 0 Å². The fourth-order valence-corrected chi connectivity index (χ4v) is 1.84. The predicted octanol–water partition coefficient (Wildman–Crippen LogP) is 2.95. The van der Waals surface area contributed by atoms with Gasteiger partial charge in [0.25, 0.3) is 0 Å². The van der Waals surface area contributed by atoms with E-state index in [1.54, 1.807) is 24.3 Å². The average molecular weight is 270 g/mol. The van der Waals surface area contributed by atoms with Crippen molar-refractivity contribution in [1.29, 1.82) is 0 Å². The molecule has 0 spiro atoms. The van der Waals surface area contributed by atoms with Gasteiger partial charge >= 0.3 is 5.97 Å². The van der Waals surface area contributed by atoms with Gasteiger partial charge in [-0.3, -0.25) is 9.59 Å². The van der Waals surface area contributed by atoms with Crippen molar-refractivity contribution in [2.24, 2.45) is 0 Å². The Hall–Kier alpha value is -1.55. The van der Waals surface area contributed by atoms with Gasteiger partial charge in [-0.2, -0.15) is 0 Å². The van der Waals surface area contributed by atoms with Crippen molar-refractivity contribution >= 4 is 29.2 Å². The highest BCUT2D eigenvalue weighted by Crippen LogP contribution is 2.26. The summed E-state index contributed by atoms with van der Waals surface area (Å²) in [7, 11) is 0. The van der Waals surface area contributed by atoms with Crippen LogP contribution >= 0.6 is 11.6 Å². The summed E-state index contributed by atoms with van der Waals surface area (Å²) < 4.78 is 0. The largest absolute Gasteiger partial charge is 0.481 e. The molecule has 1 amide bonds. The average Bonchev–Trinajstić information content (AvgIpc) is 2.31. The van der Waals surface area contributed by atoms with Crippen LogP contribution in [0.1, 0.15) is 26.2 Å². The molecule has 0 bridgehead atoms. The molecular weight excluding hydrogens is 254 g/mol. The first kappa shape index (κ1) is 14.5. The van der Waals surface area contributed by atoms with Gasteiger partial charge in [0.05, 0.1) is 17.1 Å². The van der Waals surface area contributed by atoms with E-state index in [-0.39, 0.29) is 18.9 Å². The van der Waals surface area contributed by atoms with E-state index in [4.69, 9.17) is 16.7 Å². The van der Waals surface area contributed by atoms with E-state index in [9.17, 15) is 9.59 Å².